The van der Waals surface area contributed by atoms with Crippen LogP contribution in [0.4, 0.5) is 0 Å². The van der Waals surface area contributed by atoms with Crippen molar-refractivity contribution in [1.82, 2.24) is 5.32 Å². The summed E-state index contributed by atoms with van der Waals surface area (Å²) in [4.78, 5) is 0. The molecule has 1 aliphatic carbocycles. The molecule has 0 amide bonds. The standard InChI is InChI=1S/C16H25NO2/c1-3-9-18-10-11-19-14-6-7-15-13(12-14)5-8-16(15)17-4-2/h6-7,12,16-17H,3-5,8-11H2,1-2H3. The third kappa shape index (κ3) is 3.95. The van der Waals surface area contributed by atoms with Crippen LogP contribution in [0.3, 0.4) is 0 Å². The number of fused-ring (bicyclic) bond motifs is 1. The highest BCUT2D eigenvalue weighted by Gasteiger charge is 2.21. The first-order valence-corrected chi connectivity index (χ1v) is 7.42. The Kier molecular flexibility index (Phi) is 5.67. The lowest BCUT2D eigenvalue weighted by Gasteiger charge is -2.13. The predicted molar refractivity (Wildman–Crippen MR) is 77.8 cm³/mol. The lowest BCUT2D eigenvalue weighted by Crippen LogP contribution is -2.18. The number of hydrogen-bond acceptors (Lipinski definition) is 3. The fraction of sp³-hybridized carbons (Fsp3) is 0.625. The smallest absolute Gasteiger partial charge is 0.119 e. The summed E-state index contributed by atoms with van der Waals surface area (Å²) in [6, 6.07) is 7.00. The molecule has 1 aromatic rings. The SMILES string of the molecule is CCCOCCOc1ccc2c(c1)CCC2NCC. The molecule has 3 heteroatoms. The first-order chi connectivity index (χ1) is 9.35. The zero-order chi connectivity index (χ0) is 13.5. The minimum absolute atomic E-state index is 0.530. The second-order valence-electron chi connectivity index (χ2n) is 4.97. The molecule has 0 bridgehead atoms. The van der Waals surface area contributed by atoms with Crippen molar-refractivity contribution >= 4 is 0 Å². The van der Waals surface area contributed by atoms with E-state index in [9.17, 15) is 0 Å². The van der Waals surface area contributed by atoms with Crippen molar-refractivity contribution < 1.29 is 9.47 Å². The third-order valence-electron chi connectivity index (χ3n) is 3.49. The summed E-state index contributed by atoms with van der Waals surface area (Å²) >= 11 is 0. The van der Waals surface area contributed by atoms with Gasteiger partial charge >= 0.3 is 0 Å². The molecule has 0 heterocycles. The summed E-state index contributed by atoms with van der Waals surface area (Å²) in [5.41, 5.74) is 2.87. The summed E-state index contributed by atoms with van der Waals surface area (Å²) < 4.78 is 11.1. The summed E-state index contributed by atoms with van der Waals surface area (Å²) in [5.74, 6) is 0.969. The van der Waals surface area contributed by atoms with Gasteiger partial charge in [0.05, 0.1) is 6.61 Å². The van der Waals surface area contributed by atoms with Crippen LogP contribution in [0.1, 0.15) is 43.9 Å². The molecule has 1 atom stereocenters. The van der Waals surface area contributed by atoms with Crippen molar-refractivity contribution in [2.24, 2.45) is 0 Å². The zero-order valence-electron chi connectivity index (χ0n) is 12.1. The van der Waals surface area contributed by atoms with E-state index in [1.807, 2.05) is 0 Å². The maximum atomic E-state index is 5.73. The van der Waals surface area contributed by atoms with Crippen molar-refractivity contribution in [1.29, 1.82) is 0 Å². The maximum Gasteiger partial charge on any atom is 0.119 e. The van der Waals surface area contributed by atoms with Crippen LogP contribution >= 0.6 is 0 Å². The minimum Gasteiger partial charge on any atom is -0.491 e. The van der Waals surface area contributed by atoms with Crippen LogP contribution in [-0.2, 0) is 11.2 Å². The van der Waals surface area contributed by atoms with Gasteiger partial charge < -0.3 is 14.8 Å². The van der Waals surface area contributed by atoms with Crippen molar-refractivity contribution in [3.8, 4) is 5.75 Å². The molecule has 106 valence electrons. The highest BCUT2D eigenvalue weighted by molar-refractivity contribution is 5.40. The predicted octanol–water partition coefficient (Wildman–Crippen LogP) is 3.09. The summed E-state index contributed by atoms with van der Waals surface area (Å²) in [6.45, 7) is 7.42. The number of ether oxygens (including phenoxy) is 2. The van der Waals surface area contributed by atoms with Crippen molar-refractivity contribution in [2.45, 2.75) is 39.2 Å². The average Bonchev–Trinajstić information content (AvgIpc) is 2.82. The molecule has 1 unspecified atom stereocenters. The van der Waals surface area contributed by atoms with Gasteiger partial charge in [0.25, 0.3) is 0 Å². The van der Waals surface area contributed by atoms with Gasteiger partial charge in [-0.2, -0.15) is 0 Å². The molecule has 0 aliphatic heterocycles. The quantitative estimate of drug-likeness (QED) is 0.731. The molecule has 0 saturated carbocycles. The molecule has 0 saturated heterocycles. The summed E-state index contributed by atoms with van der Waals surface area (Å²) in [7, 11) is 0. The fourth-order valence-electron chi connectivity index (χ4n) is 2.61. The van der Waals surface area contributed by atoms with Gasteiger partial charge in [-0.1, -0.05) is 19.9 Å². The maximum absolute atomic E-state index is 5.73. The third-order valence-corrected chi connectivity index (χ3v) is 3.49. The Bertz CT molecular complexity index is 392. The molecule has 2 rings (SSSR count). The molecule has 0 radical (unpaired) electrons. The molecule has 1 aliphatic rings. The van der Waals surface area contributed by atoms with Gasteiger partial charge in [-0.15, -0.1) is 0 Å². The molecular weight excluding hydrogens is 238 g/mol. The fourth-order valence-corrected chi connectivity index (χ4v) is 2.61. The van der Waals surface area contributed by atoms with E-state index < -0.39 is 0 Å². The van der Waals surface area contributed by atoms with Crippen LogP contribution in [0, 0.1) is 0 Å². The average molecular weight is 263 g/mol. The van der Waals surface area contributed by atoms with Crippen molar-refractivity contribution in [3.63, 3.8) is 0 Å². The number of benzene rings is 1. The van der Waals surface area contributed by atoms with Crippen molar-refractivity contribution in [2.75, 3.05) is 26.4 Å². The van der Waals surface area contributed by atoms with Crippen LogP contribution < -0.4 is 10.1 Å². The Morgan fingerprint density at radius 1 is 1.21 bits per heavy atom. The summed E-state index contributed by atoms with van der Waals surface area (Å²) in [6.07, 6.45) is 3.41. The highest BCUT2D eigenvalue weighted by atomic mass is 16.5. The number of hydrogen-bond donors (Lipinski definition) is 1. The Hall–Kier alpha value is -1.06. The second kappa shape index (κ2) is 7.51. The van der Waals surface area contributed by atoms with Gasteiger partial charge in [0, 0.05) is 12.6 Å². The van der Waals surface area contributed by atoms with Gasteiger partial charge in [0.2, 0.25) is 0 Å². The van der Waals surface area contributed by atoms with Gasteiger partial charge in [-0.05, 0) is 49.1 Å². The van der Waals surface area contributed by atoms with Crippen LogP contribution in [0.5, 0.6) is 5.75 Å². The number of aryl methyl sites for hydroxylation is 1. The molecule has 3 nitrogen and oxygen atoms in total. The number of nitrogens with one attached hydrogen (secondary N) is 1. The van der Waals surface area contributed by atoms with E-state index in [0.29, 0.717) is 19.3 Å². The van der Waals surface area contributed by atoms with E-state index in [4.69, 9.17) is 9.47 Å². The van der Waals surface area contributed by atoms with Gasteiger partial charge in [-0.25, -0.2) is 0 Å². The van der Waals surface area contributed by atoms with E-state index in [1.54, 1.807) is 0 Å². The Morgan fingerprint density at radius 3 is 2.89 bits per heavy atom. The second-order valence-corrected chi connectivity index (χ2v) is 4.97. The Labute approximate surface area is 116 Å². The van der Waals surface area contributed by atoms with E-state index in [1.165, 1.54) is 17.5 Å². The lowest BCUT2D eigenvalue weighted by atomic mass is 10.1. The zero-order valence-corrected chi connectivity index (χ0v) is 12.1. The minimum atomic E-state index is 0.530. The largest absolute Gasteiger partial charge is 0.491 e. The van der Waals surface area contributed by atoms with E-state index >= 15 is 0 Å². The van der Waals surface area contributed by atoms with Gasteiger partial charge in [-0.3, -0.25) is 0 Å². The molecule has 0 spiro atoms. The topological polar surface area (TPSA) is 30.5 Å². The highest BCUT2D eigenvalue weighted by Crippen LogP contribution is 2.33. The van der Waals surface area contributed by atoms with Crippen LogP contribution in [0.2, 0.25) is 0 Å². The van der Waals surface area contributed by atoms with Gasteiger partial charge in [0.15, 0.2) is 0 Å². The van der Waals surface area contributed by atoms with Crippen LogP contribution in [-0.4, -0.2) is 26.4 Å². The lowest BCUT2D eigenvalue weighted by molar-refractivity contribution is 0.101. The van der Waals surface area contributed by atoms with Crippen LogP contribution in [0.25, 0.3) is 0 Å². The molecule has 0 aromatic heterocycles. The molecule has 1 aromatic carbocycles. The number of rotatable bonds is 8. The normalized spacial score (nSPS) is 17.5. The monoisotopic (exact) mass is 263 g/mol. The van der Waals surface area contributed by atoms with Gasteiger partial charge in [0.1, 0.15) is 12.4 Å². The Balaban J connectivity index is 1.84. The molecular formula is C16H25NO2. The van der Waals surface area contributed by atoms with E-state index in [-0.39, 0.29) is 0 Å². The first-order valence-electron chi connectivity index (χ1n) is 7.42. The molecule has 1 N–H and O–H groups in total. The molecule has 0 fully saturated rings. The first kappa shape index (κ1) is 14.4. The Morgan fingerprint density at radius 2 is 2.11 bits per heavy atom. The molecule has 19 heavy (non-hydrogen) atoms. The summed E-state index contributed by atoms with van der Waals surface area (Å²) in [5, 5.41) is 3.53. The van der Waals surface area contributed by atoms with Crippen molar-refractivity contribution in [3.05, 3.63) is 29.3 Å². The van der Waals surface area contributed by atoms with E-state index in [2.05, 4.69) is 37.4 Å². The van der Waals surface area contributed by atoms with Crippen LogP contribution in [0.15, 0.2) is 18.2 Å². The van der Waals surface area contributed by atoms with E-state index in [0.717, 1.165) is 31.7 Å².